The van der Waals surface area contributed by atoms with Gasteiger partial charge in [0.2, 0.25) is 0 Å². The highest BCUT2D eigenvalue weighted by Gasteiger charge is 2.22. The van der Waals surface area contributed by atoms with Gasteiger partial charge >= 0.3 is 0 Å². The number of fused-ring (bicyclic) bond motifs is 1. The zero-order chi connectivity index (χ0) is 22.6. The Morgan fingerprint density at radius 3 is 2.84 bits per heavy atom. The first-order valence-electron chi connectivity index (χ1n) is 9.06. The second-order valence-corrected chi connectivity index (χ2v) is 13.2. The standard InChI is InChI=1S/C18H19Cl2N2O5PS3/c19-15-9-13(11-29-8-4-7-22-5-2-1-3-6-22)17(20)14-10-16(30-18(14)15)31(26,27)21-12-28(23,24)25/h1-2,6,9-10,21H,4-5,7-8,11-12H2,(H-,23,24,25). The van der Waals surface area contributed by atoms with Gasteiger partial charge in [-0.3, -0.25) is 0 Å². The van der Waals surface area contributed by atoms with E-state index in [1.165, 1.54) is 6.07 Å². The Hall–Kier alpha value is -0.640. The lowest BCUT2D eigenvalue weighted by atomic mass is 10.2. The van der Waals surface area contributed by atoms with Crippen molar-refractivity contribution in [2.45, 2.75) is 16.4 Å². The molecule has 7 nitrogen and oxygen atoms in total. The van der Waals surface area contributed by atoms with Crippen LogP contribution in [-0.2, 0) is 20.3 Å². The Kier molecular flexibility index (Phi) is 8.49. The molecule has 13 heteroatoms. The average Bonchev–Trinajstić information content (AvgIpc) is 3.18. The van der Waals surface area contributed by atoms with E-state index in [1.807, 2.05) is 17.0 Å². The molecular weight excluding hydrogens is 522 g/mol. The highest BCUT2D eigenvalue weighted by atomic mass is 35.5. The fourth-order valence-electron chi connectivity index (χ4n) is 2.80. The Balaban J connectivity index is 1.67. The maximum atomic E-state index is 12.4. The minimum absolute atomic E-state index is 0.134. The van der Waals surface area contributed by atoms with E-state index in [0.717, 1.165) is 42.2 Å². The van der Waals surface area contributed by atoms with Gasteiger partial charge in [-0.15, -0.1) is 11.3 Å². The first-order chi connectivity index (χ1) is 14.6. The predicted octanol–water partition coefficient (Wildman–Crippen LogP) is 3.80. The van der Waals surface area contributed by atoms with Gasteiger partial charge in [0, 0.05) is 17.7 Å². The topological polar surface area (TPSA) is 110 Å². The Labute approximate surface area is 199 Å². The summed E-state index contributed by atoms with van der Waals surface area (Å²) in [4.78, 5) is 21.9. The van der Waals surface area contributed by atoms with Crippen molar-refractivity contribution in [1.82, 2.24) is 9.62 Å². The fraction of sp³-hybridized carbons (Fsp3) is 0.333. The lowest BCUT2D eigenvalue weighted by Gasteiger charge is -2.15. The first kappa shape index (κ1) is 25.0. The van der Waals surface area contributed by atoms with E-state index in [4.69, 9.17) is 28.1 Å². The second-order valence-electron chi connectivity index (χ2n) is 6.68. The van der Waals surface area contributed by atoms with Crippen LogP contribution in [0.4, 0.5) is 0 Å². The van der Waals surface area contributed by atoms with Crippen molar-refractivity contribution >= 4 is 74.0 Å². The monoisotopic (exact) mass is 540 g/mol. The molecule has 1 aromatic carbocycles. The van der Waals surface area contributed by atoms with Crippen molar-refractivity contribution < 1.29 is 22.8 Å². The van der Waals surface area contributed by atoms with Gasteiger partial charge in [0.1, 0.15) is 30.6 Å². The molecule has 0 amide bonds. The zero-order valence-corrected chi connectivity index (χ0v) is 20.9. The van der Waals surface area contributed by atoms with Crippen molar-refractivity contribution in [3.05, 3.63) is 52.2 Å². The lowest BCUT2D eigenvalue weighted by molar-refractivity contribution is -0.193. The Bertz CT molecular complexity index is 1160. The van der Waals surface area contributed by atoms with Gasteiger partial charge in [0.25, 0.3) is 10.0 Å². The molecule has 1 aromatic heterocycles. The van der Waals surface area contributed by atoms with Crippen LogP contribution in [-0.4, -0.2) is 43.3 Å². The number of sulfonamides is 1. The predicted molar refractivity (Wildman–Crippen MR) is 126 cm³/mol. The van der Waals surface area contributed by atoms with Crippen molar-refractivity contribution in [1.29, 1.82) is 0 Å². The summed E-state index contributed by atoms with van der Waals surface area (Å²) in [6.45, 7) is 1.82. The summed E-state index contributed by atoms with van der Waals surface area (Å²) in [5.41, 5.74) is 0.799. The number of halogens is 2. The van der Waals surface area contributed by atoms with Crippen LogP contribution >= 0.6 is 53.9 Å². The SMILES string of the molecule is O=P([O-])(O)CNS(=O)(=O)c1cc2c(Cl)c(CSCCCN3C=[C+]C=CC3)cc(Cl)c2s1. The quantitative estimate of drug-likeness (QED) is 0.268. The largest absolute Gasteiger partial charge is 0.778 e. The molecule has 0 saturated heterocycles. The van der Waals surface area contributed by atoms with Gasteiger partial charge in [-0.1, -0.05) is 23.2 Å². The molecule has 1 aliphatic rings. The third-order valence-corrected chi connectivity index (χ3v) is 10.0. The number of allylic oxidation sites excluding steroid dienone is 2. The van der Waals surface area contributed by atoms with E-state index in [0.29, 0.717) is 25.9 Å². The van der Waals surface area contributed by atoms with Gasteiger partial charge < -0.3 is 19.3 Å². The maximum absolute atomic E-state index is 12.4. The second kappa shape index (κ2) is 10.5. The van der Waals surface area contributed by atoms with Crippen LogP contribution in [0.5, 0.6) is 0 Å². The van der Waals surface area contributed by atoms with Gasteiger partial charge in [0.15, 0.2) is 6.08 Å². The molecule has 0 bridgehead atoms. The molecule has 0 saturated carbocycles. The Morgan fingerprint density at radius 2 is 2.16 bits per heavy atom. The molecule has 1 aliphatic heterocycles. The highest BCUT2D eigenvalue weighted by molar-refractivity contribution is 7.98. The number of nitrogens with one attached hydrogen (secondary N) is 1. The summed E-state index contributed by atoms with van der Waals surface area (Å²) >= 11 is 15.5. The normalized spacial score (nSPS) is 15.9. The van der Waals surface area contributed by atoms with Crippen LogP contribution < -0.4 is 9.62 Å². The number of benzene rings is 1. The van der Waals surface area contributed by atoms with E-state index in [9.17, 15) is 17.9 Å². The molecule has 0 radical (unpaired) electrons. The lowest BCUT2D eigenvalue weighted by Crippen LogP contribution is -2.26. The molecular formula is C18H19Cl2N2O5PS3. The maximum Gasteiger partial charge on any atom is 0.250 e. The number of thiophene rings is 1. The van der Waals surface area contributed by atoms with Gasteiger partial charge in [-0.05, 0) is 29.9 Å². The van der Waals surface area contributed by atoms with Gasteiger partial charge in [-0.2, -0.15) is 11.8 Å². The third-order valence-electron chi connectivity index (χ3n) is 4.27. The summed E-state index contributed by atoms with van der Waals surface area (Å²) in [6.07, 6.45) is 8.86. The smallest absolute Gasteiger partial charge is 0.250 e. The molecule has 2 heterocycles. The van der Waals surface area contributed by atoms with Crippen molar-refractivity contribution in [3.8, 4) is 0 Å². The molecule has 2 N–H and O–H groups in total. The number of hydrogen-bond donors (Lipinski definition) is 2. The molecule has 0 aliphatic carbocycles. The summed E-state index contributed by atoms with van der Waals surface area (Å²) in [7, 11) is -8.91. The zero-order valence-electron chi connectivity index (χ0n) is 16.1. The van der Waals surface area contributed by atoms with E-state index < -0.39 is 23.9 Å². The molecule has 1 atom stereocenters. The van der Waals surface area contributed by atoms with Crippen LogP contribution in [0.25, 0.3) is 10.1 Å². The van der Waals surface area contributed by atoms with Gasteiger partial charge in [0.05, 0.1) is 27.1 Å². The molecule has 0 fully saturated rings. The van der Waals surface area contributed by atoms with E-state index in [2.05, 4.69) is 17.1 Å². The number of thioether (sulfide) groups is 1. The summed E-state index contributed by atoms with van der Waals surface area (Å²) < 4.78 is 37.8. The van der Waals surface area contributed by atoms with E-state index in [1.54, 1.807) is 17.8 Å². The minimum atomic E-state index is -4.77. The third kappa shape index (κ3) is 6.92. The van der Waals surface area contributed by atoms with E-state index >= 15 is 0 Å². The van der Waals surface area contributed by atoms with E-state index in [-0.39, 0.29) is 4.21 Å². The molecule has 1 unspecified atom stereocenters. The summed E-state index contributed by atoms with van der Waals surface area (Å²) in [5, 5.41) is 1.28. The highest BCUT2D eigenvalue weighted by Crippen LogP contribution is 2.41. The van der Waals surface area contributed by atoms with Crippen molar-refractivity contribution in [3.63, 3.8) is 0 Å². The van der Waals surface area contributed by atoms with Crippen LogP contribution in [0, 0.1) is 6.08 Å². The average molecular weight is 541 g/mol. The molecule has 0 spiro atoms. The number of rotatable bonds is 10. The number of hydrogen-bond acceptors (Lipinski definition) is 7. The van der Waals surface area contributed by atoms with Crippen LogP contribution in [0.1, 0.15) is 12.0 Å². The molecule has 2 aromatic rings. The van der Waals surface area contributed by atoms with Crippen LogP contribution in [0.2, 0.25) is 10.0 Å². The molecule has 3 rings (SSSR count). The number of nitrogens with zero attached hydrogens (tertiary/aromatic N) is 1. The fourth-order valence-corrected chi connectivity index (χ4v) is 7.90. The molecule has 31 heavy (non-hydrogen) atoms. The Morgan fingerprint density at radius 1 is 1.39 bits per heavy atom. The summed E-state index contributed by atoms with van der Waals surface area (Å²) in [5.74, 6) is 1.54. The van der Waals surface area contributed by atoms with Crippen molar-refractivity contribution in [2.75, 3.05) is 25.1 Å². The van der Waals surface area contributed by atoms with Gasteiger partial charge in [-0.25, -0.2) is 13.1 Å². The van der Waals surface area contributed by atoms with Crippen LogP contribution in [0.3, 0.4) is 0 Å². The minimum Gasteiger partial charge on any atom is -0.778 e. The first-order valence-corrected chi connectivity index (χ1v) is 15.0. The van der Waals surface area contributed by atoms with Crippen LogP contribution in [0.15, 0.2) is 34.7 Å². The van der Waals surface area contributed by atoms with Crippen molar-refractivity contribution in [2.24, 2.45) is 0 Å². The molecule has 168 valence electrons. The summed E-state index contributed by atoms with van der Waals surface area (Å²) in [6, 6.07) is 3.09.